The Morgan fingerprint density at radius 3 is 2.38 bits per heavy atom. The molecule has 90 valence electrons. The van der Waals surface area contributed by atoms with E-state index in [2.05, 4.69) is 4.74 Å². The van der Waals surface area contributed by atoms with Crippen LogP contribution in [0.15, 0.2) is 0 Å². The number of hydrogen-bond donors (Lipinski definition) is 1. The lowest BCUT2D eigenvalue weighted by Gasteiger charge is -2.22. The number of carbonyl (C=O) groups excluding carboxylic acids is 2. The van der Waals surface area contributed by atoms with Crippen LogP contribution in [0.1, 0.15) is 27.2 Å². The summed E-state index contributed by atoms with van der Waals surface area (Å²) in [6.07, 6.45) is -0.951. The second-order valence-corrected chi connectivity index (χ2v) is 4.70. The first-order chi connectivity index (χ1) is 7.24. The van der Waals surface area contributed by atoms with Gasteiger partial charge in [-0.05, 0) is 20.8 Å². The van der Waals surface area contributed by atoms with Gasteiger partial charge >= 0.3 is 11.9 Å². The minimum absolute atomic E-state index is 0.0318. The van der Waals surface area contributed by atoms with Gasteiger partial charge in [-0.25, -0.2) is 0 Å². The van der Waals surface area contributed by atoms with E-state index in [0.29, 0.717) is 0 Å². The van der Waals surface area contributed by atoms with Crippen LogP contribution in [0, 0.1) is 5.41 Å². The monoisotopic (exact) mass is 230 g/mol. The van der Waals surface area contributed by atoms with E-state index in [1.165, 1.54) is 0 Å². The molecular weight excluding hydrogens is 216 g/mol. The molecule has 0 radical (unpaired) electrons. The molecule has 16 heavy (non-hydrogen) atoms. The lowest BCUT2D eigenvalue weighted by atomic mass is 10.1. The van der Waals surface area contributed by atoms with Crippen molar-refractivity contribution in [1.82, 2.24) is 0 Å². The molecule has 0 heterocycles. The molecule has 1 N–H and O–H groups in total. The first-order valence-electron chi connectivity index (χ1n) is 4.80. The van der Waals surface area contributed by atoms with Crippen LogP contribution in [0.2, 0.25) is 0 Å². The van der Waals surface area contributed by atoms with E-state index in [1.807, 2.05) is 0 Å². The molecule has 0 saturated heterocycles. The zero-order valence-electron chi connectivity index (χ0n) is 9.35. The highest BCUT2D eigenvalue weighted by atomic mass is 16.6. The Morgan fingerprint density at radius 2 is 2.00 bits per heavy atom. The fourth-order valence-electron chi connectivity index (χ4n) is 1.36. The SMILES string of the molecule is CC(C)(C)OC(=O)C1(C(=O)O)CC1OC=O. The van der Waals surface area contributed by atoms with Crippen LogP contribution in [-0.2, 0) is 23.9 Å². The van der Waals surface area contributed by atoms with Gasteiger partial charge in [0.2, 0.25) is 5.41 Å². The Labute approximate surface area is 92.5 Å². The molecule has 0 spiro atoms. The number of rotatable bonds is 4. The van der Waals surface area contributed by atoms with E-state index in [-0.39, 0.29) is 12.9 Å². The van der Waals surface area contributed by atoms with Gasteiger partial charge in [0.25, 0.3) is 6.47 Å². The Hall–Kier alpha value is -1.59. The molecule has 2 unspecified atom stereocenters. The van der Waals surface area contributed by atoms with Gasteiger partial charge in [-0.1, -0.05) is 0 Å². The molecular formula is C10H14O6. The Kier molecular flexibility index (Phi) is 2.94. The number of carbonyl (C=O) groups is 3. The van der Waals surface area contributed by atoms with Gasteiger partial charge in [-0.3, -0.25) is 14.4 Å². The summed E-state index contributed by atoms with van der Waals surface area (Å²) >= 11 is 0. The highest BCUT2D eigenvalue weighted by Crippen LogP contribution is 2.50. The predicted octanol–water partition coefficient (Wildman–Crippen LogP) is 0.344. The topological polar surface area (TPSA) is 89.9 Å². The summed E-state index contributed by atoms with van der Waals surface area (Å²) < 4.78 is 9.49. The Bertz CT molecular complexity index is 329. The van der Waals surface area contributed by atoms with E-state index in [4.69, 9.17) is 9.84 Å². The van der Waals surface area contributed by atoms with E-state index >= 15 is 0 Å². The number of carboxylic acids is 1. The molecule has 2 atom stereocenters. The Balaban J connectivity index is 2.78. The fourth-order valence-corrected chi connectivity index (χ4v) is 1.36. The summed E-state index contributed by atoms with van der Waals surface area (Å²) in [4.78, 5) is 32.8. The summed E-state index contributed by atoms with van der Waals surface area (Å²) in [5, 5.41) is 8.97. The normalized spacial score (nSPS) is 28.1. The molecule has 1 saturated carbocycles. The molecule has 1 aliphatic rings. The molecule has 6 nitrogen and oxygen atoms in total. The number of carboxylic acid groups (broad SMARTS) is 1. The molecule has 0 aliphatic heterocycles. The number of hydrogen-bond acceptors (Lipinski definition) is 5. The maximum Gasteiger partial charge on any atom is 0.328 e. The number of aliphatic carboxylic acids is 1. The second-order valence-electron chi connectivity index (χ2n) is 4.70. The highest BCUT2D eigenvalue weighted by Gasteiger charge is 2.70. The van der Waals surface area contributed by atoms with Crippen molar-refractivity contribution < 1.29 is 29.0 Å². The van der Waals surface area contributed by atoms with Crippen LogP contribution in [0.4, 0.5) is 0 Å². The predicted molar refractivity (Wildman–Crippen MR) is 51.5 cm³/mol. The molecule has 1 fully saturated rings. The first kappa shape index (κ1) is 12.5. The molecule has 6 heteroatoms. The maximum absolute atomic E-state index is 11.7. The zero-order valence-corrected chi connectivity index (χ0v) is 9.35. The molecule has 0 aromatic rings. The fraction of sp³-hybridized carbons (Fsp3) is 0.700. The van der Waals surface area contributed by atoms with Gasteiger partial charge in [0, 0.05) is 6.42 Å². The molecule has 1 aliphatic carbocycles. The third kappa shape index (κ3) is 2.15. The third-order valence-corrected chi connectivity index (χ3v) is 2.26. The van der Waals surface area contributed by atoms with E-state index < -0.39 is 29.1 Å². The van der Waals surface area contributed by atoms with Gasteiger partial charge in [-0.15, -0.1) is 0 Å². The van der Waals surface area contributed by atoms with E-state index in [0.717, 1.165) is 0 Å². The summed E-state index contributed by atoms with van der Waals surface area (Å²) in [6.45, 7) is 5.05. The Morgan fingerprint density at radius 1 is 1.44 bits per heavy atom. The van der Waals surface area contributed by atoms with Crippen molar-refractivity contribution >= 4 is 18.4 Å². The summed E-state index contributed by atoms with van der Waals surface area (Å²) in [6, 6.07) is 0. The van der Waals surface area contributed by atoms with Crippen LogP contribution in [-0.4, -0.2) is 35.2 Å². The standard InChI is InChI=1S/C10H14O6/c1-9(2,3)16-8(14)10(7(12)13)4-6(10)15-5-11/h5-6H,4H2,1-3H3,(H,12,13). The third-order valence-electron chi connectivity index (χ3n) is 2.26. The molecule has 0 aromatic carbocycles. The second kappa shape index (κ2) is 3.77. The smallest absolute Gasteiger partial charge is 0.328 e. The first-order valence-corrected chi connectivity index (χ1v) is 4.80. The van der Waals surface area contributed by atoms with Gasteiger partial charge < -0.3 is 14.6 Å². The zero-order chi connectivity index (χ0) is 12.6. The average Bonchev–Trinajstić information content (AvgIpc) is 2.77. The van der Waals surface area contributed by atoms with Gasteiger partial charge in [0.15, 0.2) is 0 Å². The van der Waals surface area contributed by atoms with E-state index in [9.17, 15) is 14.4 Å². The average molecular weight is 230 g/mol. The van der Waals surface area contributed by atoms with Crippen molar-refractivity contribution in [3.63, 3.8) is 0 Å². The largest absolute Gasteiger partial charge is 0.480 e. The van der Waals surface area contributed by atoms with E-state index in [1.54, 1.807) is 20.8 Å². The van der Waals surface area contributed by atoms with Crippen LogP contribution >= 0.6 is 0 Å². The van der Waals surface area contributed by atoms with Crippen molar-refractivity contribution in [2.45, 2.75) is 38.9 Å². The summed E-state index contributed by atoms with van der Waals surface area (Å²) in [5.74, 6) is -2.19. The summed E-state index contributed by atoms with van der Waals surface area (Å²) in [5.41, 5.74) is -2.48. The van der Waals surface area contributed by atoms with Crippen molar-refractivity contribution in [3.8, 4) is 0 Å². The van der Waals surface area contributed by atoms with Crippen molar-refractivity contribution in [2.24, 2.45) is 5.41 Å². The molecule has 0 aromatic heterocycles. The van der Waals surface area contributed by atoms with Crippen LogP contribution in [0.5, 0.6) is 0 Å². The summed E-state index contributed by atoms with van der Waals surface area (Å²) in [7, 11) is 0. The van der Waals surface area contributed by atoms with Gasteiger partial charge in [0.05, 0.1) is 0 Å². The van der Waals surface area contributed by atoms with Gasteiger partial charge in [-0.2, -0.15) is 0 Å². The quantitative estimate of drug-likeness (QED) is 0.425. The molecule has 0 amide bonds. The lowest BCUT2D eigenvalue weighted by Crippen LogP contribution is -2.36. The maximum atomic E-state index is 11.7. The van der Waals surface area contributed by atoms with Crippen molar-refractivity contribution in [1.29, 1.82) is 0 Å². The molecule has 1 rings (SSSR count). The lowest BCUT2D eigenvalue weighted by molar-refractivity contribution is -0.171. The molecule has 0 bridgehead atoms. The van der Waals surface area contributed by atoms with Crippen LogP contribution < -0.4 is 0 Å². The van der Waals surface area contributed by atoms with Crippen LogP contribution in [0.3, 0.4) is 0 Å². The number of esters is 1. The van der Waals surface area contributed by atoms with Crippen molar-refractivity contribution in [2.75, 3.05) is 0 Å². The van der Waals surface area contributed by atoms with Gasteiger partial charge in [0.1, 0.15) is 11.7 Å². The minimum Gasteiger partial charge on any atom is -0.480 e. The number of ether oxygens (including phenoxy) is 2. The highest BCUT2D eigenvalue weighted by molar-refractivity contribution is 6.04. The van der Waals surface area contributed by atoms with Crippen molar-refractivity contribution in [3.05, 3.63) is 0 Å². The minimum atomic E-state index is -1.71. The van der Waals surface area contributed by atoms with Crippen LogP contribution in [0.25, 0.3) is 0 Å².